The van der Waals surface area contributed by atoms with Crippen LogP contribution in [0.2, 0.25) is 0 Å². The van der Waals surface area contributed by atoms with Crippen molar-refractivity contribution < 1.29 is 4.74 Å². The van der Waals surface area contributed by atoms with Crippen molar-refractivity contribution in [3.8, 4) is 5.75 Å². The van der Waals surface area contributed by atoms with E-state index < -0.39 is 0 Å². The van der Waals surface area contributed by atoms with Gasteiger partial charge in [0.15, 0.2) is 0 Å². The van der Waals surface area contributed by atoms with E-state index in [1.54, 1.807) is 7.11 Å². The highest BCUT2D eigenvalue weighted by molar-refractivity contribution is 5.52. The molecule has 0 atom stereocenters. The first-order valence-corrected chi connectivity index (χ1v) is 6.48. The molecular weight excluding hydrogens is 236 g/mol. The van der Waals surface area contributed by atoms with Gasteiger partial charge in [0.1, 0.15) is 5.75 Å². The molecule has 2 rings (SSSR count). The summed E-state index contributed by atoms with van der Waals surface area (Å²) >= 11 is 0. The molecule has 2 aromatic carbocycles. The van der Waals surface area contributed by atoms with Crippen LogP contribution in [0.15, 0.2) is 42.5 Å². The van der Waals surface area contributed by atoms with Gasteiger partial charge in [-0.25, -0.2) is 0 Å². The number of benzene rings is 2. The van der Waals surface area contributed by atoms with E-state index in [-0.39, 0.29) is 0 Å². The summed E-state index contributed by atoms with van der Waals surface area (Å²) in [4.78, 5) is 0. The molecule has 3 N–H and O–H groups in total. The van der Waals surface area contributed by atoms with Gasteiger partial charge in [0.25, 0.3) is 0 Å². The number of nitrogen functional groups attached to an aromatic ring is 1. The zero-order valence-electron chi connectivity index (χ0n) is 11.4. The highest BCUT2D eigenvalue weighted by Gasteiger charge is 2.02. The lowest BCUT2D eigenvalue weighted by Crippen LogP contribution is -2.01. The number of aryl methyl sites for hydroxylation is 1. The predicted molar refractivity (Wildman–Crippen MR) is 80.6 cm³/mol. The van der Waals surface area contributed by atoms with Gasteiger partial charge in [-0.1, -0.05) is 19.1 Å². The number of hydrogen-bond donors (Lipinski definition) is 2. The minimum absolute atomic E-state index is 0.764. The Morgan fingerprint density at radius 2 is 2.00 bits per heavy atom. The summed E-state index contributed by atoms with van der Waals surface area (Å²) in [6.07, 6.45) is 0.955. The molecule has 3 nitrogen and oxygen atoms in total. The molecule has 0 aliphatic carbocycles. The summed E-state index contributed by atoms with van der Waals surface area (Å²) in [5.41, 5.74) is 10.0. The maximum Gasteiger partial charge on any atom is 0.122 e. The number of rotatable bonds is 5. The van der Waals surface area contributed by atoms with E-state index in [0.29, 0.717) is 0 Å². The van der Waals surface area contributed by atoms with Crippen molar-refractivity contribution in [2.24, 2.45) is 0 Å². The Morgan fingerprint density at radius 1 is 1.16 bits per heavy atom. The summed E-state index contributed by atoms with van der Waals surface area (Å²) in [6.45, 7) is 2.89. The first kappa shape index (κ1) is 13.3. The molecule has 0 amide bonds. The van der Waals surface area contributed by atoms with E-state index in [1.165, 1.54) is 11.1 Å². The predicted octanol–water partition coefficient (Wildman–Crippen LogP) is 3.45. The fourth-order valence-electron chi connectivity index (χ4n) is 2.07. The van der Waals surface area contributed by atoms with Crippen molar-refractivity contribution >= 4 is 11.4 Å². The number of nitrogens with two attached hydrogens (primary N) is 1. The quantitative estimate of drug-likeness (QED) is 0.805. The molecule has 0 saturated heterocycles. The second kappa shape index (κ2) is 6.14. The van der Waals surface area contributed by atoms with Gasteiger partial charge in [-0.2, -0.15) is 0 Å². The Kier molecular flexibility index (Phi) is 4.29. The standard InChI is InChI=1S/C16H20N2O/c1-3-13-10-15(7-8-16(13)19-2)18-11-12-5-4-6-14(17)9-12/h4-10,18H,3,11,17H2,1-2H3. The lowest BCUT2D eigenvalue weighted by Gasteiger charge is -2.11. The Balaban J connectivity index is 2.07. The number of nitrogens with one attached hydrogen (secondary N) is 1. The summed E-state index contributed by atoms with van der Waals surface area (Å²) in [6, 6.07) is 14.1. The zero-order valence-corrected chi connectivity index (χ0v) is 11.4. The molecule has 0 fully saturated rings. The molecule has 100 valence electrons. The molecule has 0 aliphatic heterocycles. The molecule has 0 aromatic heterocycles. The van der Waals surface area contributed by atoms with Crippen LogP contribution in [0.1, 0.15) is 18.1 Å². The minimum atomic E-state index is 0.764. The molecule has 0 radical (unpaired) electrons. The lowest BCUT2D eigenvalue weighted by molar-refractivity contribution is 0.410. The van der Waals surface area contributed by atoms with Gasteiger partial charge in [-0.3, -0.25) is 0 Å². The van der Waals surface area contributed by atoms with Crippen LogP contribution in [0.3, 0.4) is 0 Å². The highest BCUT2D eigenvalue weighted by Crippen LogP contribution is 2.23. The zero-order chi connectivity index (χ0) is 13.7. The summed E-state index contributed by atoms with van der Waals surface area (Å²) in [7, 11) is 1.70. The number of hydrogen-bond acceptors (Lipinski definition) is 3. The van der Waals surface area contributed by atoms with Gasteiger partial charge in [-0.05, 0) is 47.9 Å². The SMILES string of the molecule is CCc1cc(NCc2cccc(N)c2)ccc1OC. The molecule has 0 bridgehead atoms. The third kappa shape index (κ3) is 3.41. The van der Waals surface area contributed by atoms with Crippen molar-refractivity contribution in [3.05, 3.63) is 53.6 Å². The molecule has 0 heterocycles. The second-order valence-electron chi connectivity index (χ2n) is 4.48. The molecule has 0 aliphatic rings. The van der Waals surface area contributed by atoms with E-state index in [0.717, 1.165) is 30.1 Å². The topological polar surface area (TPSA) is 47.3 Å². The van der Waals surface area contributed by atoms with Gasteiger partial charge in [0.05, 0.1) is 7.11 Å². The average molecular weight is 256 g/mol. The Hall–Kier alpha value is -2.16. The maximum absolute atomic E-state index is 5.77. The average Bonchev–Trinajstić information content (AvgIpc) is 2.45. The largest absolute Gasteiger partial charge is 0.496 e. The van der Waals surface area contributed by atoms with Crippen molar-refractivity contribution in [3.63, 3.8) is 0 Å². The van der Waals surface area contributed by atoms with Crippen molar-refractivity contribution in [2.75, 3.05) is 18.2 Å². The third-order valence-corrected chi connectivity index (χ3v) is 3.11. The molecule has 0 saturated carbocycles. The molecule has 0 spiro atoms. The molecule has 0 unspecified atom stereocenters. The monoisotopic (exact) mass is 256 g/mol. The van der Waals surface area contributed by atoms with Crippen LogP contribution in [-0.2, 0) is 13.0 Å². The molecule has 19 heavy (non-hydrogen) atoms. The van der Waals surface area contributed by atoms with E-state index in [1.807, 2.05) is 30.3 Å². The number of anilines is 2. The van der Waals surface area contributed by atoms with E-state index in [9.17, 15) is 0 Å². The van der Waals surface area contributed by atoms with Crippen molar-refractivity contribution in [1.82, 2.24) is 0 Å². The summed E-state index contributed by atoms with van der Waals surface area (Å²) in [5, 5.41) is 3.40. The van der Waals surface area contributed by atoms with Crippen molar-refractivity contribution in [2.45, 2.75) is 19.9 Å². The van der Waals surface area contributed by atoms with E-state index >= 15 is 0 Å². The van der Waals surface area contributed by atoms with Crippen LogP contribution in [-0.4, -0.2) is 7.11 Å². The van der Waals surface area contributed by atoms with E-state index in [4.69, 9.17) is 10.5 Å². The summed E-state index contributed by atoms with van der Waals surface area (Å²) < 4.78 is 5.33. The lowest BCUT2D eigenvalue weighted by atomic mass is 10.1. The third-order valence-electron chi connectivity index (χ3n) is 3.11. The molecule has 3 heteroatoms. The Morgan fingerprint density at radius 3 is 2.68 bits per heavy atom. The Labute approximate surface area is 114 Å². The molecular formula is C16H20N2O. The van der Waals surface area contributed by atoms with Gasteiger partial charge in [-0.15, -0.1) is 0 Å². The first-order valence-electron chi connectivity index (χ1n) is 6.48. The maximum atomic E-state index is 5.77. The number of ether oxygens (including phenoxy) is 1. The van der Waals surface area contributed by atoms with Crippen LogP contribution < -0.4 is 15.8 Å². The van der Waals surface area contributed by atoms with Gasteiger partial charge < -0.3 is 15.8 Å². The van der Waals surface area contributed by atoms with Crippen molar-refractivity contribution in [1.29, 1.82) is 0 Å². The highest BCUT2D eigenvalue weighted by atomic mass is 16.5. The number of methoxy groups -OCH3 is 1. The van der Waals surface area contributed by atoms with Gasteiger partial charge in [0, 0.05) is 17.9 Å². The fraction of sp³-hybridized carbons (Fsp3) is 0.250. The van der Waals surface area contributed by atoms with Gasteiger partial charge >= 0.3 is 0 Å². The van der Waals surface area contributed by atoms with Crippen LogP contribution in [0, 0.1) is 0 Å². The Bertz CT molecular complexity index is 552. The minimum Gasteiger partial charge on any atom is -0.496 e. The van der Waals surface area contributed by atoms with E-state index in [2.05, 4.69) is 24.4 Å². The van der Waals surface area contributed by atoms with Gasteiger partial charge in [0.2, 0.25) is 0 Å². The summed E-state index contributed by atoms with van der Waals surface area (Å²) in [5.74, 6) is 0.942. The fourth-order valence-corrected chi connectivity index (χ4v) is 2.07. The smallest absolute Gasteiger partial charge is 0.122 e. The van der Waals surface area contributed by atoms with Crippen LogP contribution in [0.5, 0.6) is 5.75 Å². The van der Waals surface area contributed by atoms with Crippen LogP contribution >= 0.6 is 0 Å². The van der Waals surface area contributed by atoms with Crippen LogP contribution in [0.4, 0.5) is 11.4 Å². The normalized spacial score (nSPS) is 10.2. The van der Waals surface area contributed by atoms with Crippen LogP contribution in [0.25, 0.3) is 0 Å². The second-order valence-corrected chi connectivity index (χ2v) is 4.48. The molecule has 2 aromatic rings. The first-order chi connectivity index (χ1) is 9.22.